The Morgan fingerprint density at radius 1 is 0.964 bits per heavy atom. The highest BCUT2D eigenvalue weighted by atomic mass is 16.5. The second-order valence-corrected chi connectivity index (χ2v) is 6.78. The predicted octanol–water partition coefficient (Wildman–Crippen LogP) is 5.41. The molecule has 6 heteroatoms. The van der Waals surface area contributed by atoms with Crippen molar-refractivity contribution in [2.75, 3.05) is 24.9 Å². The lowest BCUT2D eigenvalue weighted by molar-refractivity contribution is 0.395. The zero-order valence-electron chi connectivity index (χ0n) is 16.9. The molecule has 3 aromatic rings. The van der Waals surface area contributed by atoms with Crippen molar-refractivity contribution in [3.63, 3.8) is 0 Å². The van der Waals surface area contributed by atoms with Crippen molar-refractivity contribution in [2.24, 2.45) is 0 Å². The minimum absolute atomic E-state index is 0.408. The summed E-state index contributed by atoms with van der Waals surface area (Å²) in [4.78, 5) is 8.93. The van der Waals surface area contributed by atoms with Crippen molar-refractivity contribution >= 4 is 23.1 Å². The van der Waals surface area contributed by atoms with Gasteiger partial charge in [0.1, 0.15) is 17.3 Å². The third kappa shape index (κ3) is 4.34. The van der Waals surface area contributed by atoms with E-state index in [0.29, 0.717) is 17.6 Å². The van der Waals surface area contributed by atoms with E-state index in [4.69, 9.17) is 9.47 Å². The molecule has 0 unspecified atom stereocenters. The van der Waals surface area contributed by atoms with Crippen LogP contribution in [0.4, 0.5) is 23.1 Å². The Morgan fingerprint density at radius 2 is 1.79 bits per heavy atom. The molecule has 0 radical (unpaired) electrons. The summed E-state index contributed by atoms with van der Waals surface area (Å²) in [5, 5.41) is 6.66. The first-order valence-electron chi connectivity index (χ1n) is 9.20. The van der Waals surface area contributed by atoms with Crippen molar-refractivity contribution in [1.82, 2.24) is 9.97 Å². The van der Waals surface area contributed by atoms with Crippen molar-refractivity contribution < 1.29 is 9.47 Å². The molecule has 146 valence electrons. The van der Waals surface area contributed by atoms with Gasteiger partial charge in [-0.05, 0) is 42.2 Å². The predicted molar refractivity (Wildman–Crippen MR) is 113 cm³/mol. The van der Waals surface area contributed by atoms with Crippen molar-refractivity contribution in [3.8, 4) is 11.5 Å². The molecule has 0 aliphatic carbocycles. The Kier molecular flexibility index (Phi) is 5.99. The first-order chi connectivity index (χ1) is 13.5. The summed E-state index contributed by atoms with van der Waals surface area (Å²) in [7, 11) is 3.24. The van der Waals surface area contributed by atoms with Gasteiger partial charge in [-0.1, -0.05) is 32.0 Å². The maximum absolute atomic E-state index is 5.43. The van der Waals surface area contributed by atoms with Crippen molar-refractivity contribution in [2.45, 2.75) is 26.7 Å². The molecule has 0 saturated heterocycles. The number of hydrogen-bond acceptors (Lipinski definition) is 6. The number of anilines is 4. The molecule has 1 aromatic heterocycles. The summed E-state index contributed by atoms with van der Waals surface area (Å²) in [6, 6.07) is 13.7. The number of rotatable bonds is 7. The number of para-hydroxylation sites is 1. The normalized spacial score (nSPS) is 10.6. The SMILES string of the molecule is COc1ccc(Nc2nccc(Nc3c(C)cccc3C(C)C)n2)c(OC)c1. The van der Waals surface area contributed by atoms with Gasteiger partial charge in [0.05, 0.1) is 19.9 Å². The third-order valence-electron chi connectivity index (χ3n) is 4.49. The molecule has 0 atom stereocenters. The summed E-state index contributed by atoms with van der Waals surface area (Å²) < 4.78 is 10.7. The van der Waals surface area contributed by atoms with Gasteiger partial charge in [0.2, 0.25) is 5.95 Å². The largest absolute Gasteiger partial charge is 0.497 e. The Bertz CT molecular complexity index is 957. The Hall–Kier alpha value is -3.28. The molecule has 2 N–H and O–H groups in total. The fraction of sp³-hybridized carbons (Fsp3) is 0.273. The van der Waals surface area contributed by atoms with E-state index in [0.717, 1.165) is 22.9 Å². The van der Waals surface area contributed by atoms with Crippen LogP contribution in [0.1, 0.15) is 30.9 Å². The maximum Gasteiger partial charge on any atom is 0.229 e. The first kappa shape index (κ1) is 19.5. The Balaban J connectivity index is 1.86. The lowest BCUT2D eigenvalue weighted by atomic mass is 9.98. The van der Waals surface area contributed by atoms with E-state index < -0.39 is 0 Å². The van der Waals surface area contributed by atoms with Crippen LogP contribution in [0.2, 0.25) is 0 Å². The van der Waals surface area contributed by atoms with Crippen molar-refractivity contribution in [3.05, 3.63) is 59.8 Å². The first-order valence-corrected chi connectivity index (χ1v) is 9.20. The highest BCUT2D eigenvalue weighted by molar-refractivity contribution is 5.68. The molecule has 6 nitrogen and oxygen atoms in total. The lowest BCUT2D eigenvalue weighted by Crippen LogP contribution is -2.04. The second kappa shape index (κ2) is 8.61. The van der Waals surface area contributed by atoms with E-state index in [9.17, 15) is 0 Å². The van der Waals surface area contributed by atoms with Crippen LogP contribution >= 0.6 is 0 Å². The molecule has 0 aliphatic heterocycles. The average Bonchev–Trinajstić information content (AvgIpc) is 2.70. The number of hydrogen-bond donors (Lipinski definition) is 2. The molecule has 0 bridgehead atoms. The zero-order valence-corrected chi connectivity index (χ0v) is 16.9. The van der Waals surface area contributed by atoms with Gasteiger partial charge in [0, 0.05) is 18.0 Å². The molecule has 1 heterocycles. The van der Waals surface area contributed by atoms with Gasteiger partial charge in [-0.2, -0.15) is 4.98 Å². The number of methoxy groups -OCH3 is 2. The quantitative estimate of drug-likeness (QED) is 0.573. The molecule has 0 aliphatic rings. The molecule has 0 saturated carbocycles. The number of aromatic nitrogens is 2. The Labute approximate surface area is 166 Å². The summed E-state index contributed by atoms with van der Waals surface area (Å²) in [5.41, 5.74) is 4.28. The van der Waals surface area contributed by atoms with Crippen molar-refractivity contribution in [1.29, 1.82) is 0 Å². The van der Waals surface area contributed by atoms with E-state index in [1.807, 2.05) is 24.3 Å². The molecule has 0 fully saturated rings. The van der Waals surface area contributed by atoms with Gasteiger partial charge in [-0.3, -0.25) is 0 Å². The van der Waals surface area contributed by atoms with E-state index in [1.54, 1.807) is 20.4 Å². The van der Waals surface area contributed by atoms with Crippen LogP contribution in [-0.2, 0) is 0 Å². The zero-order chi connectivity index (χ0) is 20.1. The number of nitrogens with zero attached hydrogens (tertiary/aromatic N) is 2. The van der Waals surface area contributed by atoms with Gasteiger partial charge >= 0.3 is 0 Å². The van der Waals surface area contributed by atoms with Gasteiger partial charge in [0.25, 0.3) is 0 Å². The molecular formula is C22H26N4O2. The summed E-state index contributed by atoms with van der Waals surface area (Å²) in [6.45, 7) is 6.46. The smallest absolute Gasteiger partial charge is 0.229 e. The van der Waals surface area contributed by atoms with Crippen LogP contribution in [0.5, 0.6) is 11.5 Å². The summed E-state index contributed by atoms with van der Waals surface area (Å²) >= 11 is 0. The maximum atomic E-state index is 5.43. The number of nitrogens with one attached hydrogen (secondary N) is 2. The van der Waals surface area contributed by atoms with E-state index in [-0.39, 0.29) is 0 Å². The fourth-order valence-electron chi connectivity index (χ4n) is 2.98. The number of benzene rings is 2. The fourth-order valence-corrected chi connectivity index (χ4v) is 2.98. The second-order valence-electron chi connectivity index (χ2n) is 6.78. The van der Waals surface area contributed by atoms with Crippen LogP contribution in [0, 0.1) is 6.92 Å². The Morgan fingerprint density at radius 3 is 2.50 bits per heavy atom. The van der Waals surface area contributed by atoms with E-state index >= 15 is 0 Å². The standard InChI is InChI=1S/C22H26N4O2/c1-14(2)17-8-6-7-15(3)21(17)25-20-11-12-23-22(26-20)24-18-10-9-16(27-4)13-19(18)28-5/h6-14H,1-5H3,(H2,23,24,25,26). The van der Waals surface area contributed by atoms with Gasteiger partial charge in [-0.25, -0.2) is 4.98 Å². The van der Waals surface area contributed by atoms with Gasteiger partial charge < -0.3 is 20.1 Å². The van der Waals surface area contributed by atoms with Gasteiger partial charge in [0.15, 0.2) is 0 Å². The minimum Gasteiger partial charge on any atom is -0.497 e. The highest BCUT2D eigenvalue weighted by Crippen LogP contribution is 2.32. The van der Waals surface area contributed by atoms with Crippen LogP contribution in [0.3, 0.4) is 0 Å². The van der Waals surface area contributed by atoms with Crippen LogP contribution in [0.15, 0.2) is 48.7 Å². The van der Waals surface area contributed by atoms with Crippen LogP contribution < -0.4 is 20.1 Å². The van der Waals surface area contributed by atoms with E-state index in [1.165, 1.54) is 11.1 Å². The van der Waals surface area contributed by atoms with E-state index in [2.05, 4.69) is 59.6 Å². The number of aryl methyl sites for hydroxylation is 1. The summed E-state index contributed by atoms with van der Waals surface area (Å²) in [5.74, 6) is 2.99. The molecule has 0 amide bonds. The van der Waals surface area contributed by atoms with Crippen LogP contribution in [0.25, 0.3) is 0 Å². The minimum atomic E-state index is 0.408. The molecule has 0 spiro atoms. The van der Waals surface area contributed by atoms with Crippen LogP contribution in [-0.4, -0.2) is 24.2 Å². The highest BCUT2D eigenvalue weighted by Gasteiger charge is 2.11. The molecule has 3 rings (SSSR count). The lowest BCUT2D eigenvalue weighted by Gasteiger charge is -2.17. The molecule has 28 heavy (non-hydrogen) atoms. The average molecular weight is 378 g/mol. The number of ether oxygens (including phenoxy) is 2. The monoisotopic (exact) mass is 378 g/mol. The van der Waals surface area contributed by atoms with Gasteiger partial charge in [-0.15, -0.1) is 0 Å². The molecule has 2 aromatic carbocycles. The summed E-state index contributed by atoms with van der Waals surface area (Å²) in [6.07, 6.45) is 1.72. The topological polar surface area (TPSA) is 68.3 Å². The third-order valence-corrected chi connectivity index (χ3v) is 4.49. The molecular weight excluding hydrogens is 352 g/mol.